The van der Waals surface area contributed by atoms with E-state index in [2.05, 4.69) is 10.8 Å². The quantitative estimate of drug-likeness (QED) is 0.292. The van der Waals surface area contributed by atoms with Crippen LogP contribution in [0.25, 0.3) is 11.1 Å². The summed E-state index contributed by atoms with van der Waals surface area (Å²) in [6.45, 7) is 1.52. The predicted octanol–water partition coefficient (Wildman–Crippen LogP) is 3.59. The molecule has 0 spiro atoms. The summed E-state index contributed by atoms with van der Waals surface area (Å²) in [7, 11) is 1.35. The molecule has 0 atom stereocenters. The lowest BCUT2D eigenvalue weighted by atomic mass is 10.0. The van der Waals surface area contributed by atoms with E-state index < -0.39 is 0 Å². The van der Waals surface area contributed by atoms with Crippen LogP contribution in [0.4, 0.5) is 10.5 Å². The number of carbonyl (C=O) groups excluding carboxylic acids is 2. The first-order valence-corrected chi connectivity index (χ1v) is 10.4. The molecule has 0 saturated carbocycles. The van der Waals surface area contributed by atoms with Crippen molar-refractivity contribution in [2.45, 2.75) is 11.3 Å². The van der Waals surface area contributed by atoms with Crippen molar-refractivity contribution in [2.75, 3.05) is 37.9 Å². The molecule has 0 aliphatic carbocycles. The van der Waals surface area contributed by atoms with E-state index in [0.717, 1.165) is 21.7 Å². The molecule has 2 aromatic carbocycles. The van der Waals surface area contributed by atoms with Gasteiger partial charge in [0.2, 0.25) is 0 Å². The van der Waals surface area contributed by atoms with Crippen molar-refractivity contribution >= 4 is 47.7 Å². The summed E-state index contributed by atoms with van der Waals surface area (Å²) in [4.78, 5) is 28.6. The molecule has 2 aromatic rings. The van der Waals surface area contributed by atoms with Crippen LogP contribution >= 0.6 is 24.2 Å². The lowest BCUT2D eigenvalue weighted by Crippen LogP contribution is -2.33. The van der Waals surface area contributed by atoms with E-state index in [1.807, 2.05) is 42.7 Å². The third-order valence-corrected chi connectivity index (χ3v) is 5.68. The number of nitrogens with two attached hydrogens (primary N) is 1. The van der Waals surface area contributed by atoms with Crippen molar-refractivity contribution in [2.24, 2.45) is 5.73 Å². The van der Waals surface area contributed by atoms with Crippen LogP contribution in [0.15, 0.2) is 47.4 Å². The number of hydrogen-bond donors (Lipinski definition) is 2. The van der Waals surface area contributed by atoms with Gasteiger partial charge in [0.05, 0.1) is 19.2 Å². The molecule has 7 nitrogen and oxygen atoms in total. The minimum absolute atomic E-state index is 0. The molecule has 30 heavy (non-hydrogen) atoms. The molecule has 1 heterocycles. The normalized spacial score (nSPS) is 13.2. The van der Waals surface area contributed by atoms with Gasteiger partial charge in [-0.15, -0.1) is 24.2 Å². The first-order chi connectivity index (χ1) is 13.9. The number of benzene rings is 2. The molecule has 1 aliphatic heterocycles. The molecule has 1 fully saturated rings. The zero-order chi connectivity index (χ0) is 21.0. The van der Waals surface area contributed by atoms with Gasteiger partial charge in [-0.1, -0.05) is 30.3 Å². The number of carbonyl (C=O) groups is 2. The molecule has 3 N–H and O–H groups in total. The number of ether oxygens (including phenoxy) is 1. The number of urea groups is 1. The zero-order valence-corrected chi connectivity index (χ0v) is 18.5. The van der Waals surface area contributed by atoms with Crippen LogP contribution in [-0.2, 0) is 9.53 Å². The summed E-state index contributed by atoms with van der Waals surface area (Å²) in [5.41, 5.74) is 9.12. The minimum Gasteiger partial charge on any atom is -0.469 e. The van der Waals surface area contributed by atoms with Crippen LogP contribution < -0.4 is 10.6 Å². The summed E-state index contributed by atoms with van der Waals surface area (Å²) in [6, 6.07) is 13.4. The molecule has 2 amide bonds. The highest BCUT2D eigenvalue weighted by Crippen LogP contribution is 2.35. The Kier molecular flexibility index (Phi) is 8.14. The van der Waals surface area contributed by atoms with Crippen molar-refractivity contribution < 1.29 is 14.3 Å². The molecular formula is C21H25ClN4O3S. The summed E-state index contributed by atoms with van der Waals surface area (Å²) in [5, 5.41) is 7.51. The van der Waals surface area contributed by atoms with E-state index in [4.69, 9.17) is 11.1 Å². The number of nitrogens with one attached hydrogen (secondary N) is 1. The van der Waals surface area contributed by atoms with Crippen LogP contribution in [-0.4, -0.2) is 55.7 Å². The number of rotatable bonds is 7. The van der Waals surface area contributed by atoms with Crippen LogP contribution in [0, 0.1) is 5.41 Å². The fraction of sp³-hybridized carbons (Fsp3) is 0.286. The average Bonchev–Trinajstić information content (AvgIpc) is 3.11. The molecule has 160 valence electrons. The molecule has 0 unspecified atom stereocenters. The lowest BCUT2D eigenvalue weighted by molar-refractivity contribution is -0.140. The van der Waals surface area contributed by atoms with Gasteiger partial charge < -0.3 is 15.4 Å². The lowest BCUT2D eigenvalue weighted by Gasteiger charge is -2.21. The van der Waals surface area contributed by atoms with Gasteiger partial charge >= 0.3 is 12.0 Å². The smallest absolute Gasteiger partial charge is 0.324 e. The highest BCUT2D eigenvalue weighted by Gasteiger charge is 2.31. The van der Waals surface area contributed by atoms with Crippen molar-refractivity contribution in [3.8, 4) is 11.1 Å². The summed E-state index contributed by atoms with van der Waals surface area (Å²) < 4.78 is 4.66. The second-order valence-electron chi connectivity index (χ2n) is 6.63. The van der Waals surface area contributed by atoms with Crippen LogP contribution in [0.3, 0.4) is 0 Å². The monoisotopic (exact) mass is 448 g/mol. The van der Waals surface area contributed by atoms with Gasteiger partial charge in [0.25, 0.3) is 0 Å². The topological polar surface area (TPSA) is 99.7 Å². The number of nitrogen functional groups attached to an aromatic ring is 1. The molecule has 9 heteroatoms. The SMILES string of the molecule is COC(=O)CCN1CCN(c2ccc(-c3ccc(C(=N)N)cc3)cc2SC)C1=O.Cl. The average molecular weight is 449 g/mol. The number of esters is 1. The zero-order valence-electron chi connectivity index (χ0n) is 16.9. The summed E-state index contributed by atoms with van der Waals surface area (Å²) >= 11 is 1.58. The van der Waals surface area contributed by atoms with Crippen LogP contribution in [0.2, 0.25) is 0 Å². The minimum atomic E-state index is -0.318. The van der Waals surface area contributed by atoms with Crippen molar-refractivity contribution in [3.63, 3.8) is 0 Å². The Morgan fingerprint density at radius 2 is 1.83 bits per heavy atom. The van der Waals surface area contributed by atoms with Crippen molar-refractivity contribution in [3.05, 3.63) is 48.0 Å². The Hall–Kier alpha value is -2.71. The highest BCUT2D eigenvalue weighted by atomic mass is 35.5. The van der Waals surface area contributed by atoms with Gasteiger partial charge in [-0.05, 0) is 29.5 Å². The largest absolute Gasteiger partial charge is 0.469 e. The number of anilines is 1. The van der Waals surface area contributed by atoms with E-state index in [0.29, 0.717) is 25.2 Å². The number of amides is 2. The Balaban J connectivity index is 0.00000320. The van der Waals surface area contributed by atoms with Gasteiger partial charge in [-0.25, -0.2) is 4.79 Å². The Bertz CT molecular complexity index is 936. The van der Waals surface area contributed by atoms with E-state index >= 15 is 0 Å². The number of nitrogens with zero attached hydrogens (tertiary/aromatic N) is 2. The second-order valence-corrected chi connectivity index (χ2v) is 7.47. The van der Waals surface area contributed by atoms with E-state index in [-0.39, 0.29) is 36.7 Å². The fourth-order valence-corrected chi connectivity index (χ4v) is 3.90. The molecule has 0 aromatic heterocycles. The van der Waals surface area contributed by atoms with E-state index in [1.54, 1.807) is 21.6 Å². The second kappa shape index (κ2) is 10.4. The number of thioether (sulfide) groups is 1. The fourth-order valence-electron chi connectivity index (χ4n) is 3.26. The molecule has 0 radical (unpaired) electrons. The van der Waals surface area contributed by atoms with Gasteiger partial charge in [0, 0.05) is 30.1 Å². The van der Waals surface area contributed by atoms with E-state index in [9.17, 15) is 9.59 Å². The third-order valence-electron chi connectivity index (χ3n) is 4.91. The predicted molar refractivity (Wildman–Crippen MR) is 123 cm³/mol. The molecule has 3 rings (SSSR count). The number of amidine groups is 1. The third kappa shape index (κ3) is 5.06. The standard InChI is InChI=1S/C21H24N4O3S.ClH/c1-28-19(26)9-10-24-11-12-25(21(24)27)17-8-7-16(13-18(17)29-2)14-3-5-15(6-4-14)20(22)23;/h3-8,13H,9-12H2,1-2H3,(H3,22,23);1H. The maximum atomic E-state index is 12.8. The molecule has 0 bridgehead atoms. The van der Waals surface area contributed by atoms with E-state index in [1.165, 1.54) is 7.11 Å². The summed E-state index contributed by atoms with van der Waals surface area (Å²) in [5.74, 6) is -0.276. The Morgan fingerprint density at radius 3 is 2.43 bits per heavy atom. The Labute approximate surface area is 186 Å². The number of methoxy groups -OCH3 is 1. The number of hydrogen-bond acceptors (Lipinski definition) is 5. The van der Waals surface area contributed by atoms with Gasteiger partial charge in [0.15, 0.2) is 0 Å². The van der Waals surface area contributed by atoms with Crippen molar-refractivity contribution in [1.82, 2.24) is 4.90 Å². The Morgan fingerprint density at radius 1 is 1.17 bits per heavy atom. The van der Waals surface area contributed by atoms with Gasteiger partial charge in [-0.3, -0.25) is 15.1 Å². The van der Waals surface area contributed by atoms with Gasteiger partial charge in [-0.2, -0.15) is 0 Å². The highest BCUT2D eigenvalue weighted by molar-refractivity contribution is 7.98. The molecule has 1 saturated heterocycles. The van der Waals surface area contributed by atoms with Gasteiger partial charge in [0.1, 0.15) is 5.84 Å². The number of halogens is 1. The molecule has 1 aliphatic rings. The van der Waals surface area contributed by atoms with Crippen molar-refractivity contribution in [1.29, 1.82) is 5.41 Å². The summed E-state index contributed by atoms with van der Waals surface area (Å²) in [6.07, 6.45) is 2.18. The van der Waals surface area contributed by atoms with Crippen LogP contribution in [0.1, 0.15) is 12.0 Å². The maximum absolute atomic E-state index is 12.8. The van der Waals surface area contributed by atoms with Crippen LogP contribution in [0.5, 0.6) is 0 Å². The maximum Gasteiger partial charge on any atom is 0.324 e. The molecular weight excluding hydrogens is 424 g/mol. The first-order valence-electron chi connectivity index (χ1n) is 9.20. The first kappa shape index (κ1) is 23.6.